The summed E-state index contributed by atoms with van der Waals surface area (Å²) in [5.74, 6) is -2.10. The summed E-state index contributed by atoms with van der Waals surface area (Å²) < 4.78 is 26.7. The van der Waals surface area contributed by atoms with E-state index in [2.05, 4.69) is 28.2 Å². The Morgan fingerprint density at radius 1 is 1.04 bits per heavy atom. The van der Waals surface area contributed by atoms with Crippen LogP contribution in [-0.2, 0) is 13.1 Å². The van der Waals surface area contributed by atoms with Crippen LogP contribution >= 0.6 is 0 Å². The zero-order chi connectivity index (χ0) is 18.5. The second-order valence-electron chi connectivity index (χ2n) is 6.65. The predicted octanol–water partition coefficient (Wildman–Crippen LogP) is 2.64. The van der Waals surface area contributed by atoms with Crippen molar-refractivity contribution in [2.45, 2.75) is 13.1 Å². The highest BCUT2D eigenvalue weighted by molar-refractivity contribution is 5.94. The molecule has 1 aliphatic rings. The van der Waals surface area contributed by atoms with Crippen molar-refractivity contribution < 1.29 is 13.6 Å². The lowest BCUT2D eigenvalue weighted by Gasteiger charge is -2.32. The Morgan fingerprint density at radius 3 is 2.42 bits per heavy atom. The van der Waals surface area contributed by atoms with Gasteiger partial charge in [0.1, 0.15) is 11.6 Å². The fraction of sp³-hybridized carbons (Fsp3) is 0.350. The Morgan fingerprint density at radius 2 is 1.73 bits per heavy atom. The van der Waals surface area contributed by atoms with E-state index in [1.54, 1.807) is 0 Å². The van der Waals surface area contributed by atoms with Crippen LogP contribution in [0, 0.1) is 11.6 Å². The highest BCUT2D eigenvalue weighted by Gasteiger charge is 2.16. The lowest BCUT2D eigenvalue weighted by Crippen LogP contribution is -2.44. The van der Waals surface area contributed by atoms with E-state index >= 15 is 0 Å². The Hall–Kier alpha value is -2.31. The molecule has 26 heavy (non-hydrogen) atoms. The number of rotatable bonds is 5. The number of carbonyl (C=O) groups excluding carboxylic acids is 1. The normalized spacial score (nSPS) is 15.8. The molecule has 1 amide bonds. The first-order chi connectivity index (χ1) is 12.5. The molecule has 2 aromatic carbocycles. The first kappa shape index (κ1) is 18.5. The fourth-order valence-corrected chi connectivity index (χ4v) is 3.08. The molecule has 0 radical (unpaired) electrons. The van der Waals surface area contributed by atoms with Crippen molar-refractivity contribution in [3.05, 3.63) is 70.8 Å². The number of halogens is 2. The van der Waals surface area contributed by atoms with Crippen LogP contribution < -0.4 is 5.32 Å². The Labute approximate surface area is 152 Å². The van der Waals surface area contributed by atoms with Crippen molar-refractivity contribution in [1.29, 1.82) is 0 Å². The lowest BCUT2D eigenvalue weighted by atomic mass is 10.1. The number of likely N-dealkylation sites (N-methyl/N-ethyl adjacent to an activating group) is 1. The van der Waals surface area contributed by atoms with E-state index in [1.807, 2.05) is 18.2 Å². The lowest BCUT2D eigenvalue weighted by molar-refractivity contribution is 0.0946. The summed E-state index contributed by atoms with van der Waals surface area (Å²) in [5.41, 5.74) is 2.00. The van der Waals surface area contributed by atoms with Gasteiger partial charge in [-0.15, -0.1) is 0 Å². The Balaban J connectivity index is 1.64. The van der Waals surface area contributed by atoms with Gasteiger partial charge in [0.15, 0.2) is 0 Å². The van der Waals surface area contributed by atoms with E-state index < -0.39 is 17.5 Å². The van der Waals surface area contributed by atoms with Gasteiger partial charge in [-0.2, -0.15) is 0 Å². The number of benzene rings is 2. The van der Waals surface area contributed by atoms with Gasteiger partial charge in [-0.05, 0) is 30.3 Å². The first-order valence-electron chi connectivity index (χ1n) is 8.74. The van der Waals surface area contributed by atoms with Gasteiger partial charge in [0.05, 0.1) is 5.56 Å². The molecule has 0 unspecified atom stereocenters. The van der Waals surface area contributed by atoms with Crippen molar-refractivity contribution in [2.24, 2.45) is 0 Å². The maximum absolute atomic E-state index is 13.7. The number of piperazine rings is 1. The molecule has 1 saturated heterocycles. The molecule has 1 fully saturated rings. The average Bonchev–Trinajstić information content (AvgIpc) is 2.62. The van der Waals surface area contributed by atoms with Crippen LogP contribution in [0.1, 0.15) is 21.5 Å². The molecule has 0 atom stereocenters. The number of nitrogens with one attached hydrogen (secondary N) is 1. The summed E-state index contributed by atoms with van der Waals surface area (Å²) in [4.78, 5) is 16.9. The second-order valence-corrected chi connectivity index (χ2v) is 6.65. The molecule has 0 spiro atoms. The molecule has 0 aromatic heterocycles. The fourth-order valence-electron chi connectivity index (χ4n) is 3.08. The number of hydrogen-bond acceptors (Lipinski definition) is 3. The van der Waals surface area contributed by atoms with Gasteiger partial charge in [-0.3, -0.25) is 9.69 Å². The van der Waals surface area contributed by atoms with Gasteiger partial charge < -0.3 is 10.2 Å². The molecule has 0 saturated carbocycles. The standard InChI is InChI=1S/C20H23F2N3O/c1-24-8-10-25(11-9-24)14-16-5-3-2-4-15(16)13-23-20(26)18-7-6-17(21)12-19(18)22/h2-7,12H,8-11,13-14H2,1H3,(H,23,26). The van der Waals surface area contributed by atoms with Crippen LogP contribution in [0.15, 0.2) is 42.5 Å². The smallest absolute Gasteiger partial charge is 0.254 e. The van der Waals surface area contributed by atoms with Crippen LogP contribution in [0.4, 0.5) is 8.78 Å². The Bertz CT molecular complexity index is 773. The monoisotopic (exact) mass is 359 g/mol. The Kier molecular flexibility index (Phi) is 5.96. The van der Waals surface area contributed by atoms with Crippen molar-refractivity contribution >= 4 is 5.91 Å². The van der Waals surface area contributed by atoms with E-state index in [0.717, 1.165) is 62.0 Å². The molecule has 4 nitrogen and oxygen atoms in total. The van der Waals surface area contributed by atoms with Crippen LogP contribution in [0.2, 0.25) is 0 Å². The van der Waals surface area contributed by atoms with Crippen molar-refractivity contribution in [2.75, 3.05) is 33.2 Å². The zero-order valence-corrected chi connectivity index (χ0v) is 14.8. The van der Waals surface area contributed by atoms with Crippen molar-refractivity contribution in [1.82, 2.24) is 15.1 Å². The molecule has 1 N–H and O–H groups in total. The molecule has 0 aliphatic carbocycles. The maximum Gasteiger partial charge on any atom is 0.254 e. The molecule has 2 aromatic rings. The molecule has 138 valence electrons. The van der Waals surface area contributed by atoms with Crippen LogP contribution in [0.5, 0.6) is 0 Å². The summed E-state index contributed by atoms with van der Waals surface area (Å²) in [7, 11) is 2.12. The van der Waals surface area contributed by atoms with E-state index in [4.69, 9.17) is 0 Å². The van der Waals surface area contributed by atoms with Gasteiger partial charge in [0.2, 0.25) is 0 Å². The van der Waals surface area contributed by atoms with Gasteiger partial charge in [0.25, 0.3) is 5.91 Å². The molecule has 1 aliphatic heterocycles. The first-order valence-corrected chi connectivity index (χ1v) is 8.74. The summed E-state index contributed by atoms with van der Waals surface area (Å²) in [6.45, 7) is 5.24. The van der Waals surface area contributed by atoms with Crippen LogP contribution in [0.25, 0.3) is 0 Å². The summed E-state index contributed by atoms with van der Waals surface area (Å²) in [6, 6.07) is 10.9. The third-order valence-electron chi connectivity index (χ3n) is 4.72. The summed E-state index contributed by atoms with van der Waals surface area (Å²) in [5, 5.41) is 2.73. The highest BCUT2D eigenvalue weighted by Crippen LogP contribution is 2.14. The van der Waals surface area contributed by atoms with E-state index in [-0.39, 0.29) is 5.56 Å². The molecule has 3 rings (SSSR count). The number of carbonyl (C=O) groups is 1. The third kappa shape index (κ3) is 4.65. The molecule has 1 heterocycles. The topological polar surface area (TPSA) is 35.6 Å². The molecule has 0 bridgehead atoms. The molecular formula is C20H23F2N3O. The van der Waals surface area contributed by atoms with Crippen LogP contribution in [0.3, 0.4) is 0 Å². The number of hydrogen-bond donors (Lipinski definition) is 1. The van der Waals surface area contributed by atoms with Gasteiger partial charge in [-0.25, -0.2) is 8.78 Å². The zero-order valence-electron chi connectivity index (χ0n) is 14.8. The molecule has 6 heteroatoms. The van der Waals surface area contributed by atoms with Gasteiger partial charge in [0, 0.05) is 45.3 Å². The van der Waals surface area contributed by atoms with Crippen LogP contribution in [-0.4, -0.2) is 48.9 Å². The summed E-state index contributed by atoms with van der Waals surface area (Å²) >= 11 is 0. The minimum atomic E-state index is -0.853. The quantitative estimate of drug-likeness (QED) is 0.892. The van der Waals surface area contributed by atoms with Gasteiger partial charge in [-0.1, -0.05) is 24.3 Å². The summed E-state index contributed by atoms with van der Waals surface area (Å²) in [6.07, 6.45) is 0. The molecular weight excluding hydrogens is 336 g/mol. The minimum absolute atomic E-state index is 0.150. The SMILES string of the molecule is CN1CCN(Cc2ccccc2CNC(=O)c2ccc(F)cc2F)CC1. The third-order valence-corrected chi connectivity index (χ3v) is 4.72. The van der Waals surface area contributed by atoms with E-state index in [9.17, 15) is 13.6 Å². The number of amides is 1. The number of nitrogens with zero attached hydrogens (tertiary/aromatic N) is 2. The van der Waals surface area contributed by atoms with E-state index in [1.165, 1.54) is 0 Å². The largest absolute Gasteiger partial charge is 0.348 e. The maximum atomic E-state index is 13.7. The second kappa shape index (κ2) is 8.38. The van der Waals surface area contributed by atoms with E-state index in [0.29, 0.717) is 6.54 Å². The average molecular weight is 359 g/mol. The minimum Gasteiger partial charge on any atom is -0.348 e. The highest BCUT2D eigenvalue weighted by atomic mass is 19.1. The van der Waals surface area contributed by atoms with Gasteiger partial charge >= 0.3 is 0 Å². The van der Waals surface area contributed by atoms with Crippen molar-refractivity contribution in [3.63, 3.8) is 0 Å². The predicted molar refractivity (Wildman–Crippen MR) is 96.7 cm³/mol. The van der Waals surface area contributed by atoms with Crippen molar-refractivity contribution in [3.8, 4) is 0 Å².